The largest absolute Gasteiger partial charge is 0.481 e. The third kappa shape index (κ3) is 5.50. The SMILES string of the molecule is CCN(C(=O)NCCc1ccc(Br)s1)C(C)CC(=O)O. The van der Waals surface area contributed by atoms with Crippen LogP contribution < -0.4 is 5.32 Å². The van der Waals surface area contributed by atoms with E-state index in [4.69, 9.17) is 5.11 Å². The Kier molecular flexibility index (Phi) is 7.01. The first-order valence-corrected chi connectivity index (χ1v) is 8.05. The normalized spacial score (nSPS) is 11.9. The van der Waals surface area contributed by atoms with Crippen LogP contribution >= 0.6 is 27.3 Å². The van der Waals surface area contributed by atoms with Gasteiger partial charge in [-0.05, 0) is 48.3 Å². The number of amides is 2. The van der Waals surface area contributed by atoms with Crippen molar-refractivity contribution in [2.75, 3.05) is 13.1 Å². The number of rotatable bonds is 7. The van der Waals surface area contributed by atoms with Gasteiger partial charge in [0.05, 0.1) is 10.2 Å². The van der Waals surface area contributed by atoms with Gasteiger partial charge in [0.15, 0.2) is 0 Å². The summed E-state index contributed by atoms with van der Waals surface area (Å²) in [7, 11) is 0. The number of aliphatic carboxylic acids is 1. The van der Waals surface area contributed by atoms with Crippen molar-refractivity contribution in [3.63, 3.8) is 0 Å². The molecule has 20 heavy (non-hydrogen) atoms. The van der Waals surface area contributed by atoms with Crippen molar-refractivity contribution in [2.45, 2.75) is 32.7 Å². The molecule has 1 unspecified atom stereocenters. The lowest BCUT2D eigenvalue weighted by Gasteiger charge is -2.27. The molecule has 1 rings (SSSR count). The molecule has 112 valence electrons. The highest BCUT2D eigenvalue weighted by Crippen LogP contribution is 2.22. The predicted octanol–water partition coefficient (Wildman–Crippen LogP) is 2.95. The van der Waals surface area contributed by atoms with E-state index in [0.717, 1.165) is 10.2 Å². The number of hydrogen-bond donors (Lipinski definition) is 2. The van der Waals surface area contributed by atoms with Gasteiger partial charge in [0.1, 0.15) is 0 Å². The zero-order valence-corrected chi connectivity index (χ0v) is 14.0. The third-order valence-electron chi connectivity index (χ3n) is 2.88. The third-order valence-corrected chi connectivity index (χ3v) is 4.56. The number of thiophene rings is 1. The summed E-state index contributed by atoms with van der Waals surface area (Å²) < 4.78 is 1.07. The Balaban J connectivity index is 2.41. The molecule has 1 atom stereocenters. The second kappa shape index (κ2) is 8.26. The number of carbonyl (C=O) groups is 2. The minimum Gasteiger partial charge on any atom is -0.481 e. The lowest BCUT2D eigenvalue weighted by molar-refractivity contribution is -0.138. The van der Waals surface area contributed by atoms with Gasteiger partial charge < -0.3 is 15.3 Å². The van der Waals surface area contributed by atoms with Crippen LogP contribution in [0.4, 0.5) is 4.79 Å². The van der Waals surface area contributed by atoms with Crippen molar-refractivity contribution >= 4 is 39.3 Å². The van der Waals surface area contributed by atoms with Crippen molar-refractivity contribution in [2.24, 2.45) is 0 Å². The molecule has 2 amide bonds. The van der Waals surface area contributed by atoms with E-state index in [2.05, 4.69) is 21.2 Å². The first-order chi connectivity index (χ1) is 9.43. The lowest BCUT2D eigenvalue weighted by Crippen LogP contribution is -2.46. The van der Waals surface area contributed by atoms with E-state index in [1.807, 2.05) is 19.1 Å². The standard InChI is InChI=1S/C13H19BrN2O3S/c1-3-16(9(2)8-12(17)18)13(19)15-7-6-10-4-5-11(14)20-10/h4-5,9H,3,6-8H2,1-2H3,(H,15,19)(H,17,18). The molecule has 0 radical (unpaired) electrons. The first-order valence-electron chi connectivity index (χ1n) is 6.44. The number of hydrogen-bond acceptors (Lipinski definition) is 3. The van der Waals surface area contributed by atoms with Crippen molar-refractivity contribution in [3.05, 3.63) is 20.8 Å². The van der Waals surface area contributed by atoms with Gasteiger partial charge in [-0.1, -0.05) is 0 Å². The maximum atomic E-state index is 12.0. The average molecular weight is 363 g/mol. The van der Waals surface area contributed by atoms with E-state index in [1.54, 1.807) is 23.2 Å². The second-order valence-corrected chi connectivity index (χ2v) is 6.97. The van der Waals surface area contributed by atoms with E-state index in [9.17, 15) is 9.59 Å². The Bertz CT molecular complexity index is 464. The topological polar surface area (TPSA) is 69.6 Å². The van der Waals surface area contributed by atoms with Crippen LogP contribution in [-0.2, 0) is 11.2 Å². The molecule has 0 bridgehead atoms. The Morgan fingerprint density at radius 2 is 2.20 bits per heavy atom. The summed E-state index contributed by atoms with van der Waals surface area (Å²) in [6.07, 6.45) is 0.728. The van der Waals surface area contributed by atoms with Gasteiger partial charge in [0, 0.05) is 24.0 Å². The average Bonchev–Trinajstić information content (AvgIpc) is 2.75. The van der Waals surface area contributed by atoms with Crippen LogP contribution in [0.25, 0.3) is 0 Å². The van der Waals surface area contributed by atoms with Crippen molar-refractivity contribution < 1.29 is 14.7 Å². The zero-order valence-electron chi connectivity index (χ0n) is 11.6. The minimum absolute atomic E-state index is 0.0425. The summed E-state index contributed by atoms with van der Waals surface area (Å²) in [5, 5.41) is 11.6. The molecule has 0 saturated heterocycles. The monoisotopic (exact) mass is 362 g/mol. The smallest absolute Gasteiger partial charge is 0.317 e. The summed E-state index contributed by atoms with van der Waals surface area (Å²) in [5.41, 5.74) is 0. The molecule has 1 heterocycles. The molecule has 1 aromatic heterocycles. The van der Waals surface area contributed by atoms with Gasteiger partial charge in [-0.15, -0.1) is 11.3 Å². The summed E-state index contributed by atoms with van der Waals surface area (Å²) in [6, 6.07) is 3.48. The van der Waals surface area contributed by atoms with Gasteiger partial charge in [-0.2, -0.15) is 0 Å². The fourth-order valence-electron chi connectivity index (χ4n) is 1.90. The van der Waals surface area contributed by atoms with E-state index < -0.39 is 5.97 Å². The highest BCUT2D eigenvalue weighted by atomic mass is 79.9. The van der Waals surface area contributed by atoms with E-state index in [1.165, 1.54) is 4.88 Å². The van der Waals surface area contributed by atoms with Crippen LogP contribution in [0, 0.1) is 0 Å². The molecular formula is C13H19BrN2O3S. The van der Waals surface area contributed by atoms with E-state index in [0.29, 0.717) is 13.1 Å². The molecule has 2 N–H and O–H groups in total. The summed E-state index contributed by atoms with van der Waals surface area (Å²) in [5.74, 6) is -0.896. The Morgan fingerprint density at radius 1 is 1.50 bits per heavy atom. The van der Waals surface area contributed by atoms with Crippen LogP contribution in [0.1, 0.15) is 25.1 Å². The van der Waals surface area contributed by atoms with Gasteiger partial charge in [0.2, 0.25) is 0 Å². The molecule has 0 aliphatic rings. The fraction of sp³-hybridized carbons (Fsp3) is 0.538. The lowest BCUT2D eigenvalue weighted by atomic mass is 10.2. The van der Waals surface area contributed by atoms with Gasteiger partial charge in [-0.25, -0.2) is 4.79 Å². The summed E-state index contributed by atoms with van der Waals surface area (Å²) in [6.45, 7) is 4.62. The highest BCUT2D eigenvalue weighted by Gasteiger charge is 2.20. The fourth-order valence-corrected chi connectivity index (χ4v) is 3.38. The second-order valence-electron chi connectivity index (χ2n) is 4.42. The maximum absolute atomic E-state index is 12.0. The van der Waals surface area contributed by atoms with Crippen molar-refractivity contribution in [1.29, 1.82) is 0 Å². The van der Waals surface area contributed by atoms with Crippen molar-refractivity contribution in [3.8, 4) is 0 Å². The number of nitrogens with one attached hydrogen (secondary N) is 1. The molecule has 0 fully saturated rings. The van der Waals surface area contributed by atoms with Crippen LogP contribution in [0.15, 0.2) is 15.9 Å². The zero-order chi connectivity index (χ0) is 15.1. The van der Waals surface area contributed by atoms with Crippen LogP contribution in [-0.4, -0.2) is 41.1 Å². The predicted molar refractivity (Wildman–Crippen MR) is 83.2 cm³/mol. The van der Waals surface area contributed by atoms with Crippen LogP contribution in [0.2, 0.25) is 0 Å². The molecule has 0 aliphatic heterocycles. The molecule has 1 aromatic rings. The Labute approximate surface area is 131 Å². The number of halogens is 1. The number of carboxylic acids is 1. The molecule has 7 heteroatoms. The summed E-state index contributed by atoms with van der Waals surface area (Å²) in [4.78, 5) is 25.4. The minimum atomic E-state index is -0.896. The molecule has 0 spiro atoms. The number of carbonyl (C=O) groups excluding carboxylic acids is 1. The maximum Gasteiger partial charge on any atom is 0.317 e. The van der Waals surface area contributed by atoms with Gasteiger partial charge in [-0.3, -0.25) is 4.79 Å². The molecular weight excluding hydrogens is 344 g/mol. The molecule has 5 nitrogen and oxygen atoms in total. The first kappa shape index (κ1) is 17.0. The number of nitrogens with zero attached hydrogens (tertiary/aromatic N) is 1. The quantitative estimate of drug-likeness (QED) is 0.783. The highest BCUT2D eigenvalue weighted by molar-refractivity contribution is 9.11. The number of urea groups is 1. The van der Waals surface area contributed by atoms with Crippen LogP contribution in [0.3, 0.4) is 0 Å². The molecule has 0 aromatic carbocycles. The van der Waals surface area contributed by atoms with Gasteiger partial charge >= 0.3 is 12.0 Å². The van der Waals surface area contributed by atoms with Crippen LogP contribution in [0.5, 0.6) is 0 Å². The van der Waals surface area contributed by atoms with E-state index >= 15 is 0 Å². The van der Waals surface area contributed by atoms with Gasteiger partial charge in [0.25, 0.3) is 0 Å². The van der Waals surface area contributed by atoms with Crippen molar-refractivity contribution in [1.82, 2.24) is 10.2 Å². The molecule has 0 saturated carbocycles. The summed E-state index contributed by atoms with van der Waals surface area (Å²) >= 11 is 5.04. The molecule has 0 aliphatic carbocycles. The van der Waals surface area contributed by atoms with E-state index in [-0.39, 0.29) is 18.5 Å². The number of carboxylic acid groups (broad SMARTS) is 1. The Morgan fingerprint density at radius 3 is 2.70 bits per heavy atom. The Hall–Kier alpha value is -1.08.